The lowest BCUT2D eigenvalue weighted by molar-refractivity contribution is 0.339. The normalized spacial score (nSPS) is 11.8. The van der Waals surface area contributed by atoms with Crippen molar-refractivity contribution >= 4 is 0 Å². The van der Waals surface area contributed by atoms with Crippen LogP contribution < -0.4 is 10.1 Å². The highest BCUT2D eigenvalue weighted by atomic mass is 16.5. The molecule has 0 saturated heterocycles. The second-order valence-corrected chi connectivity index (χ2v) is 2.89. The van der Waals surface area contributed by atoms with E-state index in [9.17, 15) is 0 Å². The molecule has 74 valence electrons. The van der Waals surface area contributed by atoms with E-state index in [4.69, 9.17) is 11.2 Å². The predicted molar refractivity (Wildman–Crippen MR) is 58.2 cm³/mol. The number of hydrogen-bond acceptors (Lipinski definition) is 2. The Labute approximate surface area is 85.3 Å². The molecular formula is C12H15NO. The Morgan fingerprint density at radius 2 is 2.36 bits per heavy atom. The number of rotatable bonds is 4. The third-order valence-corrected chi connectivity index (χ3v) is 1.96. The zero-order chi connectivity index (χ0) is 10.4. The highest BCUT2D eigenvalue weighted by Crippen LogP contribution is 2.18. The monoisotopic (exact) mass is 189 g/mol. The van der Waals surface area contributed by atoms with E-state index in [1.54, 1.807) is 0 Å². The van der Waals surface area contributed by atoms with Gasteiger partial charge in [-0.05, 0) is 31.7 Å². The van der Waals surface area contributed by atoms with Gasteiger partial charge in [0.25, 0.3) is 0 Å². The molecule has 0 aliphatic carbocycles. The van der Waals surface area contributed by atoms with Crippen molar-refractivity contribution in [1.82, 2.24) is 5.32 Å². The average Bonchev–Trinajstić information content (AvgIpc) is 2.21. The van der Waals surface area contributed by atoms with Gasteiger partial charge in [-0.25, -0.2) is 0 Å². The summed E-state index contributed by atoms with van der Waals surface area (Å²) in [6.07, 6.45) is 5.39. The van der Waals surface area contributed by atoms with Crippen LogP contribution in [0.1, 0.15) is 18.5 Å². The van der Waals surface area contributed by atoms with Crippen LogP contribution in [0, 0.1) is 12.3 Å². The number of terminal acetylenes is 1. The van der Waals surface area contributed by atoms with Crippen molar-refractivity contribution in [2.45, 2.75) is 13.0 Å². The molecule has 0 aliphatic heterocycles. The minimum atomic E-state index is -0.0459. The summed E-state index contributed by atoms with van der Waals surface area (Å²) in [5.74, 6) is 3.53. The Morgan fingerprint density at radius 1 is 1.57 bits per heavy atom. The smallest absolute Gasteiger partial charge is 0.119 e. The Morgan fingerprint density at radius 3 is 2.93 bits per heavy atom. The summed E-state index contributed by atoms with van der Waals surface area (Å²) in [6.45, 7) is 2.63. The summed E-state index contributed by atoms with van der Waals surface area (Å²) >= 11 is 0. The van der Waals surface area contributed by atoms with Gasteiger partial charge < -0.3 is 10.1 Å². The van der Waals surface area contributed by atoms with E-state index in [1.807, 2.05) is 38.2 Å². The van der Waals surface area contributed by atoms with Crippen LogP contribution in [-0.4, -0.2) is 13.7 Å². The topological polar surface area (TPSA) is 21.3 Å². The summed E-state index contributed by atoms with van der Waals surface area (Å²) < 4.78 is 5.39. The van der Waals surface area contributed by atoms with E-state index in [2.05, 4.69) is 11.2 Å². The van der Waals surface area contributed by atoms with Crippen molar-refractivity contribution in [3.05, 3.63) is 29.8 Å². The maximum Gasteiger partial charge on any atom is 0.119 e. The van der Waals surface area contributed by atoms with Crippen LogP contribution in [0.3, 0.4) is 0 Å². The molecular weight excluding hydrogens is 174 g/mol. The van der Waals surface area contributed by atoms with Gasteiger partial charge in [0.15, 0.2) is 0 Å². The van der Waals surface area contributed by atoms with Crippen molar-refractivity contribution in [3.8, 4) is 18.1 Å². The van der Waals surface area contributed by atoms with Gasteiger partial charge >= 0.3 is 0 Å². The summed E-state index contributed by atoms with van der Waals surface area (Å²) in [6, 6.07) is 7.78. The number of benzene rings is 1. The van der Waals surface area contributed by atoms with Crippen molar-refractivity contribution in [2.24, 2.45) is 0 Å². The molecule has 1 unspecified atom stereocenters. The molecule has 0 amide bonds. The lowest BCUT2D eigenvalue weighted by atomic mass is 10.1. The number of ether oxygens (including phenoxy) is 1. The minimum Gasteiger partial charge on any atom is -0.494 e. The van der Waals surface area contributed by atoms with Crippen molar-refractivity contribution < 1.29 is 4.74 Å². The van der Waals surface area contributed by atoms with Gasteiger partial charge in [0.1, 0.15) is 5.75 Å². The van der Waals surface area contributed by atoms with Crippen LogP contribution in [-0.2, 0) is 0 Å². The standard InChI is InChI=1S/C12H15NO/c1-4-12(13-3)10-7-6-8-11(9-10)14-5-2/h1,6-9,12-13H,5H2,2-3H3. The average molecular weight is 189 g/mol. The van der Waals surface area contributed by atoms with Crippen molar-refractivity contribution in [2.75, 3.05) is 13.7 Å². The second kappa shape index (κ2) is 5.31. The molecule has 2 nitrogen and oxygen atoms in total. The Kier molecular flexibility index (Phi) is 4.03. The molecule has 1 N–H and O–H groups in total. The lowest BCUT2D eigenvalue weighted by Gasteiger charge is -2.11. The summed E-state index contributed by atoms with van der Waals surface area (Å²) in [4.78, 5) is 0. The van der Waals surface area contributed by atoms with Gasteiger partial charge in [0.2, 0.25) is 0 Å². The molecule has 1 aromatic rings. The van der Waals surface area contributed by atoms with Gasteiger partial charge in [-0.2, -0.15) is 0 Å². The fraction of sp³-hybridized carbons (Fsp3) is 0.333. The third kappa shape index (κ3) is 2.51. The van der Waals surface area contributed by atoms with Crippen LogP contribution in [0.2, 0.25) is 0 Å². The molecule has 0 aromatic heterocycles. The first-order valence-corrected chi connectivity index (χ1v) is 4.68. The molecule has 0 heterocycles. The van der Waals surface area contributed by atoms with Crippen LogP contribution in [0.5, 0.6) is 5.75 Å². The van der Waals surface area contributed by atoms with Gasteiger partial charge in [0, 0.05) is 0 Å². The molecule has 0 bridgehead atoms. The van der Waals surface area contributed by atoms with Crippen LogP contribution in [0.4, 0.5) is 0 Å². The van der Waals surface area contributed by atoms with E-state index >= 15 is 0 Å². The molecule has 14 heavy (non-hydrogen) atoms. The van der Waals surface area contributed by atoms with Crippen LogP contribution >= 0.6 is 0 Å². The quantitative estimate of drug-likeness (QED) is 0.731. The zero-order valence-corrected chi connectivity index (χ0v) is 8.58. The SMILES string of the molecule is C#CC(NC)c1cccc(OCC)c1. The largest absolute Gasteiger partial charge is 0.494 e. The zero-order valence-electron chi connectivity index (χ0n) is 8.58. The van der Waals surface area contributed by atoms with Crippen molar-refractivity contribution in [1.29, 1.82) is 0 Å². The molecule has 0 radical (unpaired) electrons. The molecule has 1 atom stereocenters. The second-order valence-electron chi connectivity index (χ2n) is 2.89. The maximum atomic E-state index is 5.39. The summed E-state index contributed by atoms with van der Waals surface area (Å²) in [7, 11) is 1.85. The number of hydrogen-bond donors (Lipinski definition) is 1. The molecule has 1 aromatic carbocycles. The highest BCUT2D eigenvalue weighted by Gasteiger charge is 2.05. The number of nitrogens with one attached hydrogen (secondary N) is 1. The van der Waals surface area contributed by atoms with E-state index < -0.39 is 0 Å². The van der Waals surface area contributed by atoms with Gasteiger partial charge in [-0.1, -0.05) is 18.1 Å². The fourth-order valence-corrected chi connectivity index (χ4v) is 1.30. The molecule has 0 aliphatic rings. The van der Waals surface area contributed by atoms with Crippen LogP contribution in [0.15, 0.2) is 24.3 Å². The lowest BCUT2D eigenvalue weighted by Crippen LogP contribution is -2.14. The van der Waals surface area contributed by atoms with Crippen molar-refractivity contribution in [3.63, 3.8) is 0 Å². The summed E-state index contributed by atoms with van der Waals surface area (Å²) in [5, 5.41) is 3.05. The van der Waals surface area contributed by atoms with Gasteiger partial charge in [-0.3, -0.25) is 0 Å². The first-order chi connectivity index (χ1) is 6.81. The summed E-state index contributed by atoms with van der Waals surface area (Å²) in [5.41, 5.74) is 1.06. The Balaban J connectivity index is 2.88. The van der Waals surface area contributed by atoms with Gasteiger partial charge in [0.05, 0.1) is 12.6 Å². The Bertz CT molecular complexity index is 327. The third-order valence-electron chi connectivity index (χ3n) is 1.96. The molecule has 2 heteroatoms. The fourth-order valence-electron chi connectivity index (χ4n) is 1.30. The van der Waals surface area contributed by atoms with E-state index in [0.29, 0.717) is 6.61 Å². The predicted octanol–water partition coefficient (Wildman–Crippen LogP) is 1.98. The maximum absolute atomic E-state index is 5.39. The van der Waals surface area contributed by atoms with Crippen LogP contribution in [0.25, 0.3) is 0 Å². The molecule has 0 saturated carbocycles. The first-order valence-electron chi connectivity index (χ1n) is 4.68. The highest BCUT2D eigenvalue weighted by molar-refractivity contribution is 5.33. The minimum absolute atomic E-state index is 0.0459. The van der Waals surface area contributed by atoms with E-state index in [0.717, 1.165) is 11.3 Å². The van der Waals surface area contributed by atoms with E-state index in [1.165, 1.54) is 0 Å². The first kappa shape index (κ1) is 10.6. The van der Waals surface area contributed by atoms with Gasteiger partial charge in [-0.15, -0.1) is 6.42 Å². The molecule has 0 spiro atoms. The van der Waals surface area contributed by atoms with E-state index in [-0.39, 0.29) is 6.04 Å². The Hall–Kier alpha value is -1.46. The molecule has 1 rings (SSSR count). The molecule has 0 fully saturated rings.